The van der Waals surface area contributed by atoms with E-state index in [0.29, 0.717) is 18.4 Å². The average molecular weight is 262 g/mol. The highest BCUT2D eigenvalue weighted by Crippen LogP contribution is 2.48. The van der Waals surface area contributed by atoms with Crippen molar-refractivity contribution in [3.8, 4) is 11.8 Å². The zero-order valence-corrected chi connectivity index (χ0v) is 9.27. The van der Waals surface area contributed by atoms with Gasteiger partial charge in [0.1, 0.15) is 5.75 Å². The Labute approximate surface area is 101 Å². The molecule has 0 saturated heterocycles. The molecule has 0 unspecified atom stereocenters. The predicted molar refractivity (Wildman–Crippen MR) is 54.7 cm³/mol. The van der Waals surface area contributed by atoms with Crippen LogP contribution in [-0.4, -0.2) is 6.36 Å². The van der Waals surface area contributed by atoms with Crippen LogP contribution in [0.4, 0.5) is 13.2 Å². The van der Waals surface area contributed by atoms with E-state index in [2.05, 4.69) is 10.8 Å². The Kier molecular flexibility index (Phi) is 2.70. The minimum Gasteiger partial charge on any atom is -0.404 e. The van der Waals surface area contributed by atoms with Crippen LogP contribution in [0.1, 0.15) is 18.4 Å². The van der Waals surface area contributed by atoms with Crippen LogP contribution in [0.2, 0.25) is 5.02 Å². The zero-order chi connectivity index (χ0) is 12.7. The minimum absolute atomic E-state index is 0.138. The highest BCUT2D eigenvalue weighted by molar-refractivity contribution is 6.32. The van der Waals surface area contributed by atoms with Crippen LogP contribution in [0.5, 0.6) is 5.75 Å². The first kappa shape index (κ1) is 12.1. The van der Waals surface area contributed by atoms with Gasteiger partial charge in [-0.15, -0.1) is 13.2 Å². The largest absolute Gasteiger partial charge is 0.573 e. The van der Waals surface area contributed by atoms with Gasteiger partial charge in [-0.05, 0) is 30.5 Å². The molecule has 0 atom stereocenters. The summed E-state index contributed by atoms with van der Waals surface area (Å²) in [4.78, 5) is 0. The van der Waals surface area contributed by atoms with Crippen LogP contribution in [0.3, 0.4) is 0 Å². The second kappa shape index (κ2) is 3.81. The van der Waals surface area contributed by atoms with Gasteiger partial charge < -0.3 is 4.74 Å². The molecule has 1 aromatic carbocycles. The molecule has 6 heteroatoms. The molecule has 0 aliphatic heterocycles. The van der Waals surface area contributed by atoms with Crippen molar-refractivity contribution in [3.63, 3.8) is 0 Å². The van der Waals surface area contributed by atoms with Crippen molar-refractivity contribution in [1.29, 1.82) is 5.26 Å². The van der Waals surface area contributed by atoms with Crippen molar-refractivity contribution in [2.45, 2.75) is 24.6 Å². The summed E-state index contributed by atoms with van der Waals surface area (Å²) >= 11 is 5.69. The van der Waals surface area contributed by atoms with E-state index in [1.54, 1.807) is 0 Å². The molecule has 2 nitrogen and oxygen atoms in total. The second-order valence-electron chi connectivity index (χ2n) is 3.89. The highest BCUT2D eigenvalue weighted by atomic mass is 35.5. The van der Waals surface area contributed by atoms with E-state index in [4.69, 9.17) is 16.9 Å². The Morgan fingerprint density at radius 2 is 2.00 bits per heavy atom. The molecule has 1 aromatic rings. The Morgan fingerprint density at radius 1 is 1.35 bits per heavy atom. The van der Waals surface area contributed by atoms with E-state index in [1.807, 2.05) is 0 Å². The van der Waals surface area contributed by atoms with E-state index in [-0.39, 0.29) is 5.02 Å². The van der Waals surface area contributed by atoms with Gasteiger partial charge in [0.15, 0.2) is 0 Å². The van der Waals surface area contributed by atoms with Gasteiger partial charge in [-0.3, -0.25) is 0 Å². The standard InChI is InChI=1S/C11H7ClF3NO/c12-8-5-7(10(6-16)3-4-10)1-2-9(8)17-11(13,14)15/h1-2,5H,3-4H2. The number of nitrogens with zero attached hydrogens (tertiary/aromatic N) is 1. The molecule has 17 heavy (non-hydrogen) atoms. The topological polar surface area (TPSA) is 33.0 Å². The summed E-state index contributed by atoms with van der Waals surface area (Å²) in [5.74, 6) is -0.448. The maximum Gasteiger partial charge on any atom is 0.573 e. The van der Waals surface area contributed by atoms with Gasteiger partial charge in [-0.2, -0.15) is 5.26 Å². The molecule has 1 aliphatic rings. The quantitative estimate of drug-likeness (QED) is 0.811. The first-order chi connectivity index (χ1) is 7.86. The third kappa shape index (κ3) is 2.47. The monoisotopic (exact) mass is 261 g/mol. The fourth-order valence-corrected chi connectivity index (χ4v) is 1.82. The summed E-state index contributed by atoms with van der Waals surface area (Å²) in [6.45, 7) is 0. The van der Waals surface area contributed by atoms with E-state index in [1.165, 1.54) is 12.1 Å². The maximum absolute atomic E-state index is 12.0. The molecule has 0 N–H and O–H groups in total. The van der Waals surface area contributed by atoms with Crippen LogP contribution in [0.25, 0.3) is 0 Å². The van der Waals surface area contributed by atoms with Crippen molar-refractivity contribution < 1.29 is 17.9 Å². The highest BCUT2D eigenvalue weighted by Gasteiger charge is 2.45. The predicted octanol–water partition coefficient (Wildman–Crippen LogP) is 3.79. The van der Waals surface area contributed by atoms with Gasteiger partial charge in [0, 0.05) is 0 Å². The summed E-state index contributed by atoms with van der Waals surface area (Å²) in [7, 11) is 0. The van der Waals surface area contributed by atoms with Gasteiger partial charge in [0.25, 0.3) is 0 Å². The Morgan fingerprint density at radius 3 is 2.41 bits per heavy atom. The second-order valence-corrected chi connectivity index (χ2v) is 4.29. The van der Waals surface area contributed by atoms with Gasteiger partial charge in [0.2, 0.25) is 0 Å². The number of alkyl halides is 3. The van der Waals surface area contributed by atoms with Crippen molar-refractivity contribution in [3.05, 3.63) is 28.8 Å². The molecule has 0 spiro atoms. The third-order valence-electron chi connectivity index (χ3n) is 2.67. The summed E-state index contributed by atoms with van der Waals surface area (Å²) in [6.07, 6.45) is -3.35. The molecular formula is C11H7ClF3NO. The lowest BCUT2D eigenvalue weighted by atomic mass is 9.98. The van der Waals surface area contributed by atoms with Crippen molar-refractivity contribution in [1.82, 2.24) is 0 Å². The van der Waals surface area contributed by atoms with Crippen LogP contribution in [-0.2, 0) is 5.41 Å². The van der Waals surface area contributed by atoms with Crippen molar-refractivity contribution in [2.75, 3.05) is 0 Å². The Balaban J connectivity index is 2.27. The van der Waals surface area contributed by atoms with Gasteiger partial charge in [-0.25, -0.2) is 0 Å². The SMILES string of the molecule is N#CC1(c2ccc(OC(F)(F)F)c(Cl)c2)CC1. The average Bonchev–Trinajstić information content (AvgIpc) is 3.00. The Bertz CT molecular complexity index is 488. The van der Waals surface area contributed by atoms with Gasteiger partial charge in [0.05, 0.1) is 16.5 Å². The molecule has 0 aromatic heterocycles. The lowest BCUT2D eigenvalue weighted by molar-refractivity contribution is -0.274. The lowest BCUT2D eigenvalue weighted by Gasteiger charge is -2.12. The van der Waals surface area contributed by atoms with Crippen molar-refractivity contribution in [2.24, 2.45) is 0 Å². The van der Waals surface area contributed by atoms with Crippen LogP contribution in [0.15, 0.2) is 18.2 Å². The number of halogens is 4. The molecule has 1 fully saturated rings. The zero-order valence-electron chi connectivity index (χ0n) is 8.51. The number of ether oxygens (including phenoxy) is 1. The molecule has 90 valence electrons. The summed E-state index contributed by atoms with van der Waals surface area (Å²) < 4.78 is 39.7. The van der Waals surface area contributed by atoms with E-state index in [9.17, 15) is 13.2 Å². The Hall–Kier alpha value is -1.41. The van der Waals surface area contributed by atoms with Crippen molar-refractivity contribution >= 4 is 11.6 Å². The number of benzene rings is 1. The van der Waals surface area contributed by atoms with Gasteiger partial charge in [-0.1, -0.05) is 17.7 Å². The fourth-order valence-electron chi connectivity index (χ4n) is 1.60. The molecule has 1 aliphatic carbocycles. The smallest absolute Gasteiger partial charge is 0.404 e. The van der Waals surface area contributed by atoms with E-state index < -0.39 is 17.5 Å². The molecular weight excluding hydrogens is 255 g/mol. The van der Waals surface area contributed by atoms with Crippen LogP contribution < -0.4 is 4.74 Å². The van der Waals surface area contributed by atoms with E-state index >= 15 is 0 Å². The third-order valence-corrected chi connectivity index (χ3v) is 2.97. The molecule has 0 bridgehead atoms. The number of hydrogen-bond acceptors (Lipinski definition) is 2. The lowest BCUT2D eigenvalue weighted by Crippen LogP contribution is -2.17. The first-order valence-electron chi connectivity index (χ1n) is 4.83. The first-order valence-corrected chi connectivity index (χ1v) is 5.21. The fraction of sp³-hybridized carbons (Fsp3) is 0.364. The molecule has 0 heterocycles. The minimum atomic E-state index is -4.77. The molecule has 0 amide bonds. The normalized spacial score (nSPS) is 17.4. The number of nitriles is 1. The summed E-state index contributed by atoms with van der Waals surface area (Å²) in [6, 6.07) is 6.09. The van der Waals surface area contributed by atoms with Crippen LogP contribution >= 0.6 is 11.6 Å². The van der Waals surface area contributed by atoms with Crippen LogP contribution in [0, 0.1) is 11.3 Å². The van der Waals surface area contributed by atoms with E-state index in [0.717, 1.165) is 6.07 Å². The molecule has 2 rings (SSSR count). The molecule has 1 saturated carbocycles. The summed E-state index contributed by atoms with van der Waals surface area (Å²) in [5.41, 5.74) is 0.0694. The summed E-state index contributed by atoms with van der Waals surface area (Å²) in [5, 5.41) is 8.81. The van der Waals surface area contributed by atoms with Gasteiger partial charge >= 0.3 is 6.36 Å². The number of rotatable bonds is 2. The number of hydrogen-bond donors (Lipinski definition) is 0. The molecule has 0 radical (unpaired) electrons. The maximum atomic E-state index is 12.0.